The molecule has 0 radical (unpaired) electrons. The van der Waals surface area contributed by atoms with Crippen LogP contribution >= 0.6 is 0 Å². The molecule has 1 amide bonds. The molecule has 160 valence electrons. The molecule has 29 heavy (non-hydrogen) atoms. The summed E-state index contributed by atoms with van der Waals surface area (Å²) in [4.78, 5) is 12.9. The van der Waals surface area contributed by atoms with Gasteiger partial charge in [-0.25, -0.2) is 5.43 Å². The van der Waals surface area contributed by atoms with Gasteiger partial charge in [-0.05, 0) is 63.5 Å². The van der Waals surface area contributed by atoms with E-state index in [2.05, 4.69) is 31.3 Å². The lowest BCUT2D eigenvalue weighted by atomic mass is 9.70. The molecule has 0 saturated heterocycles. The van der Waals surface area contributed by atoms with E-state index in [0.29, 0.717) is 48.6 Å². The highest BCUT2D eigenvalue weighted by Crippen LogP contribution is 2.63. The average molecular weight is 403 g/mol. The first-order valence-electron chi connectivity index (χ1n) is 10.7. The standard InChI is InChI=1S/C23H34N2O4/c1-7-27-17-12-15(13-18(28-8-2)20(17)29-9-3)21(26)25-24-19-14-16-10-11-23(19,6)22(16,4)5/h12-13,16H,7-11,14H2,1-6H3,(H,25,26)/b24-19-/t16-,23-/m1/s1. The maximum atomic E-state index is 12.9. The van der Waals surface area contributed by atoms with Crippen molar-refractivity contribution in [1.29, 1.82) is 0 Å². The van der Waals surface area contributed by atoms with Gasteiger partial charge in [0, 0.05) is 16.7 Å². The Morgan fingerprint density at radius 3 is 2.10 bits per heavy atom. The van der Waals surface area contributed by atoms with Crippen molar-refractivity contribution < 1.29 is 19.0 Å². The van der Waals surface area contributed by atoms with Crippen molar-refractivity contribution in [3.8, 4) is 17.2 Å². The van der Waals surface area contributed by atoms with Gasteiger partial charge in [0.1, 0.15) is 0 Å². The molecule has 0 spiro atoms. The number of hydrogen-bond acceptors (Lipinski definition) is 5. The Hall–Kier alpha value is -2.24. The van der Waals surface area contributed by atoms with Gasteiger partial charge in [-0.15, -0.1) is 0 Å². The Balaban J connectivity index is 1.86. The smallest absolute Gasteiger partial charge is 0.271 e. The predicted octanol–water partition coefficient (Wildman–Crippen LogP) is 4.81. The van der Waals surface area contributed by atoms with Crippen molar-refractivity contribution in [2.75, 3.05) is 19.8 Å². The van der Waals surface area contributed by atoms with Crippen LogP contribution in [-0.2, 0) is 0 Å². The van der Waals surface area contributed by atoms with Gasteiger partial charge in [-0.3, -0.25) is 4.79 Å². The molecule has 0 aliphatic heterocycles. The van der Waals surface area contributed by atoms with Gasteiger partial charge in [-0.2, -0.15) is 5.10 Å². The zero-order chi connectivity index (χ0) is 21.2. The number of rotatable bonds is 8. The van der Waals surface area contributed by atoms with Gasteiger partial charge in [0.2, 0.25) is 5.75 Å². The first-order chi connectivity index (χ1) is 13.8. The monoisotopic (exact) mass is 402 g/mol. The zero-order valence-corrected chi connectivity index (χ0v) is 18.6. The van der Waals surface area contributed by atoms with Crippen LogP contribution in [0.25, 0.3) is 0 Å². The van der Waals surface area contributed by atoms with Crippen molar-refractivity contribution >= 4 is 11.6 Å². The minimum absolute atomic E-state index is 0.0523. The molecule has 2 aliphatic rings. The molecule has 3 rings (SSSR count). The normalized spacial score (nSPS) is 25.9. The Morgan fingerprint density at radius 2 is 1.66 bits per heavy atom. The van der Waals surface area contributed by atoms with Crippen molar-refractivity contribution in [2.45, 2.75) is 60.8 Å². The highest BCUT2D eigenvalue weighted by molar-refractivity contribution is 5.98. The second kappa shape index (κ2) is 8.25. The first kappa shape index (κ1) is 21.5. The number of benzene rings is 1. The molecule has 2 atom stereocenters. The van der Waals surface area contributed by atoms with Gasteiger partial charge < -0.3 is 14.2 Å². The summed E-state index contributed by atoms with van der Waals surface area (Å²) in [5.41, 5.74) is 4.60. The second-order valence-electron chi connectivity index (χ2n) is 8.59. The maximum Gasteiger partial charge on any atom is 0.271 e. The lowest BCUT2D eigenvalue weighted by molar-refractivity contribution is 0.0952. The lowest BCUT2D eigenvalue weighted by Crippen LogP contribution is -2.34. The van der Waals surface area contributed by atoms with E-state index in [4.69, 9.17) is 14.2 Å². The van der Waals surface area contributed by atoms with Crippen molar-refractivity contribution in [3.05, 3.63) is 17.7 Å². The predicted molar refractivity (Wildman–Crippen MR) is 114 cm³/mol. The van der Waals surface area contributed by atoms with Crippen LogP contribution in [0.3, 0.4) is 0 Å². The van der Waals surface area contributed by atoms with Crippen LogP contribution in [0, 0.1) is 16.7 Å². The summed E-state index contributed by atoms with van der Waals surface area (Å²) in [6.07, 6.45) is 3.33. The molecule has 0 unspecified atom stereocenters. The van der Waals surface area contributed by atoms with Crippen LogP contribution in [-0.4, -0.2) is 31.4 Å². The molecule has 6 nitrogen and oxygen atoms in total. The second-order valence-corrected chi connectivity index (χ2v) is 8.59. The number of fused-ring (bicyclic) bond motifs is 2. The molecular weight excluding hydrogens is 368 g/mol. The van der Waals surface area contributed by atoms with Crippen LogP contribution in [0.2, 0.25) is 0 Å². The first-order valence-corrected chi connectivity index (χ1v) is 10.7. The van der Waals surface area contributed by atoms with E-state index in [0.717, 1.165) is 18.6 Å². The number of nitrogens with one attached hydrogen (secondary N) is 1. The number of hydrazone groups is 1. The summed E-state index contributed by atoms with van der Waals surface area (Å²) in [5, 5.41) is 4.56. The van der Waals surface area contributed by atoms with E-state index in [-0.39, 0.29) is 16.7 Å². The summed E-state index contributed by atoms with van der Waals surface area (Å²) in [6.45, 7) is 14.0. The van der Waals surface area contributed by atoms with E-state index >= 15 is 0 Å². The molecule has 6 heteroatoms. The van der Waals surface area contributed by atoms with Crippen LogP contribution in [0.15, 0.2) is 17.2 Å². The molecule has 2 fully saturated rings. The van der Waals surface area contributed by atoms with Gasteiger partial charge in [0.15, 0.2) is 11.5 Å². The molecule has 1 aromatic carbocycles. The largest absolute Gasteiger partial charge is 0.490 e. The van der Waals surface area contributed by atoms with E-state index in [9.17, 15) is 4.79 Å². The Bertz CT molecular complexity index is 775. The third kappa shape index (κ3) is 3.69. The van der Waals surface area contributed by atoms with Gasteiger partial charge in [0.25, 0.3) is 5.91 Å². The minimum atomic E-state index is -0.272. The fraction of sp³-hybridized carbons (Fsp3) is 0.652. The van der Waals surface area contributed by atoms with Gasteiger partial charge >= 0.3 is 0 Å². The fourth-order valence-electron chi connectivity index (χ4n) is 4.80. The third-order valence-corrected chi connectivity index (χ3v) is 6.98. The molecule has 2 aliphatic carbocycles. The van der Waals surface area contributed by atoms with Gasteiger partial charge in [0.05, 0.1) is 19.8 Å². The van der Waals surface area contributed by atoms with Crippen LogP contribution in [0.1, 0.15) is 71.2 Å². The van der Waals surface area contributed by atoms with E-state index in [1.54, 1.807) is 12.1 Å². The summed E-state index contributed by atoms with van der Waals surface area (Å²) < 4.78 is 17.1. The number of ether oxygens (including phenoxy) is 3. The van der Waals surface area contributed by atoms with E-state index in [1.165, 1.54) is 6.42 Å². The Labute approximate surface area is 174 Å². The van der Waals surface area contributed by atoms with Gasteiger partial charge in [-0.1, -0.05) is 20.8 Å². The number of carbonyl (C=O) groups is 1. The summed E-state index contributed by atoms with van der Waals surface area (Å²) in [7, 11) is 0. The molecule has 1 aromatic rings. The maximum absolute atomic E-state index is 12.9. The summed E-state index contributed by atoms with van der Waals surface area (Å²) in [6, 6.07) is 3.39. The summed E-state index contributed by atoms with van der Waals surface area (Å²) >= 11 is 0. The van der Waals surface area contributed by atoms with Crippen LogP contribution in [0.5, 0.6) is 17.2 Å². The van der Waals surface area contributed by atoms with Crippen LogP contribution in [0.4, 0.5) is 0 Å². The molecule has 0 aromatic heterocycles. The van der Waals surface area contributed by atoms with Crippen molar-refractivity contribution in [2.24, 2.45) is 21.8 Å². The minimum Gasteiger partial charge on any atom is -0.490 e. The highest BCUT2D eigenvalue weighted by Gasteiger charge is 2.60. The molecular formula is C23H34N2O4. The molecule has 2 saturated carbocycles. The highest BCUT2D eigenvalue weighted by atomic mass is 16.5. The SMILES string of the molecule is CCOc1cc(C(=O)N/N=C2/C[C@H]3CC[C@@]2(C)C3(C)C)cc(OCC)c1OCC. The van der Waals surface area contributed by atoms with E-state index < -0.39 is 0 Å². The molecule has 0 heterocycles. The number of amides is 1. The lowest BCUT2D eigenvalue weighted by Gasteiger charge is -2.34. The molecule has 1 N–H and O–H groups in total. The topological polar surface area (TPSA) is 69.2 Å². The van der Waals surface area contributed by atoms with E-state index in [1.807, 2.05) is 20.8 Å². The molecule has 2 bridgehead atoms. The fourth-order valence-corrected chi connectivity index (χ4v) is 4.80. The zero-order valence-electron chi connectivity index (χ0n) is 18.6. The Kier molecular flexibility index (Phi) is 6.11. The number of nitrogens with zero attached hydrogens (tertiary/aromatic N) is 1. The average Bonchev–Trinajstić information content (AvgIpc) is 3.02. The number of hydrogen-bond donors (Lipinski definition) is 1. The van der Waals surface area contributed by atoms with Crippen LogP contribution < -0.4 is 19.6 Å². The quantitative estimate of drug-likeness (QED) is 0.633. The third-order valence-electron chi connectivity index (χ3n) is 6.98. The number of carbonyl (C=O) groups excluding carboxylic acids is 1. The van der Waals surface area contributed by atoms with Crippen molar-refractivity contribution in [3.63, 3.8) is 0 Å². The van der Waals surface area contributed by atoms with Crippen molar-refractivity contribution in [1.82, 2.24) is 5.43 Å². The Morgan fingerprint density at radius 1 is 1.07 bits per heavy atom. The summed E-state index contributed by atoms with van der Waals surface area (Å²) in [5.74, 6) is 1.91.